The minimum Gasteiger partial charge on any atom is -0.465 e. The Morgan fingerprint density at radius 2 is 2.12 bits per heavy atom. The lowest BCUT2D eigenvalue weighted by atomic mass is 9.60. The van der Waals surface area contributed by atoms with Gasteiger partial charge >= 0.3 is 5.97 Å². The number of methoxy groups -OCH3 is 1. The molecule has 183 valence electrons. The SMILES string of the molecule is CCOC.[B]C12[B]C13CCC(CC/C(N)=N/NN)CC3CC(C(=O)OCCCCCC=O)N2. The summed E-state index contributed by atoms with van der Waals surface area (Å²) in [7, 11) is 10.5. The van der Waals surface area contributed by atoms with Crippen LogP contribution in [0.3, 0.4) is 0 Å². The number of ether oxygens (including phenoxy) is 2. The Labute approximate surface area is 200 Å². The van der Waals surface area contributed by atoms with E-state index in [1.807, 2.05) is 6.92 Å². The number of unbranched alkanes of at least 4 members (excludes halogenated alkanes) is 3. The summed E-state index contributed by atoms with van der Waals surface area (Å²) in [6.45, 7) is 3.17. The molecule has 5 unspecified atom stereocenters. The van der Waals surface area contributed by atoms with Crippen molar-refractivity contribution < 1.29 is 19.1 Å². The van der Waals surface area contributed by atoms with E-state index in [2.05, 4.69) is 28.0 Å². The summed E-state index contributed by atoms with van der Waals surface area (Å²) in [4.78, 5) is 22.9. The smallest absolute Gasteiger partial charge is 0.323 e. The number of nitrogens with zero attached hydrogens (tertiary/aromatic N) is 1. The second-order valence-electron chi connectivity index (χ2n) is 9.36. The number of carbonyl (C=O) groups excluding carboxylic acids is 2. The average molecular weight is 460 g/mol. The molecule has 0 bridgehead atoms. The van der Waals surface area contributed by atoms with Crippen molar-refractivity contribution >= 4 is 33.2 Å². The van der Waals surface area contributed by atoms with E-state index in [-0.39, 0.29) is 17.3 Å². The van der Waals surface area contributed by atoms with E-state index < -0.39 is 5.34 Å². The molecule has 2 aliphatic heterocycles. The summed E-state index contributed by atoms with van der Waals surface area (Å²) in [5, 5.41) is 6.61. The van der Waals surface area contributed by atoms with Crippen LogP contribution < -0.4 is 22.4 Å². The van der Waals surface area contributed by atoms with Gasteiger partial charge in [0.1, 0.15) is 25.4 Å². The zero-order valence-corrected chi connectivity index (χ0v) is 20.2. The quantitative estimate of drug-likeness (QED) is 0.0493. The van der Waals surface area contributed by atoms with Gasteiger partial charge in [-0.25, -0.2) is 11.4 Å². The number of nitrogens with one attached hydrogen (secondary N) is 2. The van der Waals surface area contributed by atoms with Gasteiger partial charge in [0.25, 0.3) is 0 Å². The van der Waals surface area contributed by atoms with Crippen molar-refractivity contribution in [1.29, 1.82) is 0 Å². The summed E-state index contributed by atoms with van der Waals surface area (Å²) < 4.78 is 10.0. The second-order valence-corrected chi connectivity index (χ2v) is 9.36. The highest BCUT2D eigenvalue weighted by Gasteiger charge is 2.71. The van der Waals surface area contributed by atoms with Gasteiger partial charge in [0.2, 0.25) is 0 Å². The number of aldehydes is 1. The van der Waals surface area contributed by atoms with Gasteiger partial charge in [0.15, 0.2) is 0 Å². The number of hydrazine groups is 1. The van der Waals surface area contributed by atoms with Gasteiger partial charge in [0, 0.05) is 26.6 Å². The first-order chi connectivity index (χ1) is 15.9. The lowest BCUT2D eigenvalue weighted by Gasteiger charge is -2.47. The third-order valence-electron chi connectivity index (χ3n) is 7.22. The van der Waals surface area contributed by atoms with E-state index in [0.29, 0.717) is 37.1 Å². The largest absolute Gasteiger partial charge is 0.465 e. The molecule has 3 radical (unpaired) electrons. The molecule has 3 fully saturated rings. The maximum atomic E-state index is 12.6. The van der Waals surface area contributed by atoms with Gasteiger partial charge in [-0.15, -0.1) is 0 Å². The number of rotatable bonds is 12. The Morgan fingerprint density at radius 1 is 1.36 bits per heavy atom. The molecule has 3 aliphatic rings. The van der Waals surface area contributed by atoms with Crippen molar-refractivity contribution in [2.45, 2.75) is 87.8 Å². The summed E-state index contributed by atoms with van der Waals surface area (Å²) in [5.41, 5.74) is 8.06. The Morgan fingerprint density at radius 3 is 2.79 bits per heavy atom. The average Bonchev–Trinajstić information content (AvgIpc) is 3.43. The van der Waals surface area contributed by atoms with Crippen LogP contribution in [0.2, 0.25) is 5.31 Å². The topological polar surface area (TPSA) is 141 Å². The van der Waals surface area contributed by atoms with E-state index in [1.165, 1.54) is 0 Å². The molecule has 6 N–H and O–H groups in total. The number of amidine groups is 1. The Bertz CT molecular complexity index is 669. The molecular formula is C22H40B2N5O4. The fourth-order valence-corrected chi connectivity index (χ4v) is 5.28. The van der Waals surface area contributed by atoms with Crippen molar-refractivity contribution in [2.75, 3.05) is 20.3 Å². The molecule has 1 aliphatic carbocycles. The standard InChI is InChI=1S/C19H32B2N5O3.C3H8O/c20-19-18(21-19)8-7-13(5-6-16(22)25-26-23)11-14(18)12-15(24-19)17(28)29-10-4-2-1-3-9-27;1-3-4-2/h9,13-15,24,26H,1-8,10-12,23H2,(H2,22,25);3H2,1-2H3. The number of hydrogen-bond acceptors (Lipinski definition) is 8. The van der Waals surface area contributed by atoms with Crippen LogP contribution in [0.1, 0.15) is 71.1 Å². The van der Waals surface area contributed by atoms with Crippen LogP contribution in [0.5, 0.6) is 0 Å². The first-order valence-corrected chi connectivity index (χ1v) is 12.2. The number of nitrogens with two attached hydrogens (primary N) is 2. The highest BCUT2D eigenvalue weighted by Crippen LogP contribution is 2.69. The number of piperidine rings is 1. The van der Waals surface area contributed by atoms with Gasteiger partial charge in [-0.2, -0.15) is 5.10 Å². The molecule has 11 heteroatoms. The van der Waals surface area contributed by atoms with Gasteiger partial charge in [-0.05, 0) is 62.6 Å². The van der Waals surface area contributed by atoms with Crippen LogP contribution in [0.4, 0.5) is 0 Å². The van der Waals surface area contributed by atoms with E-state index in [1.54, 1.807) is 7.11 Å². The second kappa shape index (κ2) is 13.3. The molecule has 0 aromatic heterocycles. The molecule has 33 heavy (non-hydrogen) atoms. The van der Waals surface area contributed by atoms with Gasteiger partial charge in [-0.1, -0.05) is 18.2 Å². The summed E-state index contributed by atoms with van der Waals surface area (Å²) in [6, 6.07) is -0.362. The highest BCUT2D eigenvalue weighted by atomic mass is 16.5. The van der Waals surface area contributed by atoms with Crippen LogP contribution in [-0.2, 0) is 19.1 Å². The van der Waals surface area contributed by atoms with Gasteiger partial charge < -0.3 is 25.3 Å². The first kappa shape index (κ1) is 27.7. The van der Waals surface area contributed by atoms with Crippen molar-refractivity contribution in [3.05, 3.63) is 0 Å². The zero-order chi connectivity index (χ0) is 24.3. The van der Waals surface area contributed by atoms with Crippen LogP contribution in [0.15, 0.2) is 5.10 Å². The van der Waals surface area contributed by atoms with Gasteiger partial charge in [0.05, 0.1) is 14.5 Å². The number of esters is 1. The van der Waals surface area contributed by atoms with Crippen LogP contribution in [0.25, 0.3) is 0 Å². The monoisotopic (exact) mass is 460 g/mol. The van der Waals surface area contributed by atoms with E-state index in [4.69, 9.17) is 24.2 Å². The molecule has 0 aromatic rings. The lowest BCUT2D eigenvalue weighted by Crippen LogP contribution is -2.55. The van der Waals surface area contributed by atoms with Gasteiger partial charge in [-0.3, -0.25) is 4.79 Å². The van der Waals surface area contributed by atoms with Crippen molar-refractivity contribution in [2.24, 2.45) is 28.5 Å². The Balaban J connectivity index is 0.000000890. The third kappa shape index (κ3) is 7.45. The van der Waals surface area contributed by atoms with Crippen molar-refractivity contribution in [3.63, 3.8) is 0 Å². The lowest BCUT2D eigenvalue weighted by molar-refractivity contribution is -0.148. The minimum absolute atomic E-state index is 0.00750. The predicted molar refractivity (Wildman–Crippen MR) is 131 cm³/mol. The van der Waals surface area contributed by atoms with Crippen LogP contribution in [-0.4, -0.2) is 64.9 Å². The summed E-state index contributed by atoms with van der Waals surface area (Å²) in [5.74, 6) is 6.39. The maximum absolute atomic E-state index is 12.6. The summed E-state index contributed by atoms with van der Waals surface area (Å²) in [6.07, 6.45) is 9.60. The molecule has 5 atom stereocenters. The van der Waals surface area contributed by atoms with E-state index in [0.717, 1.165) is 64.3 Å². The number of carbonyl (C=O) groups is 2. The molecule has 9 nitrogen and oxygen atoms in total. The number of hydrazone groups is 1. The fourth-order valence-electron chi connectivity index (χ4n) is 5.28. The fraction of sp³-hybridized carbons (Fsp3) is 0.864. The molecule has 1 saturated carbocycles. The Hall–Kier alpha value is -1.58. The van der Waals surface area contributed by atoms with E-state index in [9.17, 15) is 9.59 Å². The minimum atomic E-state index is -0.557. The van der Waals surface area contributed by atoms with E-state index >= 15 is 0 Å². The first-order valence-electron chi connectivity index (χ1n) is 12.2. The molecule has 2 saturated heterocycles. The normalized spacial score (nSPS) is 32.2. The maximum Gasteiger partial charge on any atom is 0.323 e. The number of hydrogen-bond donors (Lipinski definition) is 4. The molecule has 0 aromatic carbocycles. The molecule has 3 rings (SSSR count). The Kier molecular flexibility index (Phi) is 11.2. The van der Waals surface area contributed by atoms with Crippen LogP contribution in [0, 0.1) is 11.8 Å². The van der Waals surface area contributed by atoms with Crippen LogP contribution >= 0.6 is 0 Å². The third-order valence-corrected chi connectivity index (χ3v) is 7.22. The molecule has 2 heterocycles. The van der Waals surface area contributed by atoms with Crippen molar-refractivity contribution in [1.82, 2.24) is 10.9 Å². The molecule has 0 amide bonds. The zero-order valence-electron chi connectivity index (χ0n) is 20.2. The summed E-state index contributed by atoms with van der Waals surface area (Å²) >= 11 is 0. The predicted octanol–water partition coefficient (Wildman–Crippen LogP) is 0.934. The molecular weight excluding hydrogens is 420 g/mol. The molecule has 1 spiro atoms. The highest BCUT2D eigenvalue weighted by molar-refractivity contribution is 6.72. The van der Waals surface area contributed by atoms with Crippen molar-refractivity contribution in [3.8, 4) is 0 Å².